The maximum Gasteiger partial charge on any atom is 0.339 e. The summed E-state index contributed by atoms with van der Waals surface area (Å²) in [5, 5.41) is 9.26. The summed E-state index contributed by atoms with van der Waals surface area (Å²) in [6.45, 7) is 2.21. The lowest BCUT2D eigenvalue weighted by atomic mass is 9.90. The van der Waals surface area contributed by atoms with Crippen molar-refractivity contribution in [2.24, 2.45) is 5.92 Å². The van der Waals surface area contributed by atoms with Gasteiger partial charge >= 0.3 is 5.97 Å². The molecule has 1 aliphatic carbocycles. The summed E-state index contributed by atoms with van der Waals surface area (Å²) < 4.78 is 5.46. The molecule has 1 aromatic rings. The van der Waals surface area contributed by atoms with E-state index in [0.29, 0.717) is 18.1 Å². The average molecular weight is 317 g/mol. The van der Waals surface area contributed by atoms with Gasteiger partial charge in [-0.05, 0) is 49.0 Å². The summed E-state index contributed by atoms with van der Waals surface area (Å²) in [5.41, 5.74) is 1.24. The highest BCUT2D eigenvalue weighted by molar-refractivity contribution is 6.20. The van der Waals surface area contributed by atoms with Gasteiger partial charge in [-0.1, -0.05) is 19.3 Å². The molecule has 0 aromatic carbocycles. The Bertz CT molecular complexity index is 588. The maximum absolute atomic E-state index is 12.1. The number of ether oxygens (including phenoxy) is 1. The molecule has 5 nitrogen and oxygen atoms in total. The van der Waals surface area contributed by atoms with Gasteiger partial charge in [-0.25, -0.2) is 4.79 Å². The van der Waals surface area contributed by atoms with Gasteiger partial charge in [0.25, 0.3) is 0 Å². The molecule has 0 aliphatic heterocycles. The fourth-order valence-electron chi connectivity index (χ4n) is 2.84. The number of carboxylic acids is 1. The summed E-state index contributed by atoms with van der Waals surface area (Å²) in [7, 11) is 0. The standard InChI is InChI=1S/C18H23NO4/c1-13-7-15(10-19-9-13)8-16(18(21)22)17(20)12-23-11-14-5-3-2-4-6-14/h7-10,14H,2-6,11-12H2,1H3,(H,21,22). The summed E-state index contributed by atoms with van der Waals surface area (Å²) in [6, 6.07) is 1.78. The van der Waals surface area contributed by atoms with E-state index in [4.69, 9.17) is 4.74 Å². The van der Waals surface area contributed by atoms with E-state index in [1.165, 1.54) is 31.5 Å². The molecular formula is C18H23NO4. The number of Topliss-reactive ketones (excluding diaryl/α,β-unsaturated/α-hetero) is 1. The lowest BCUT2D eigenvalue weighted by molar-refractivity contribution is -0.135. The molecule has 0 bridgehead atoms. The van der Waals surface area contributed by atoms with Crippen molar-refractivity contribution in [1.29, 1.82) is 0 Å². The first kappa shape index (κ1) is 17.3. The van der Waals surface area contributed by atoms with E-state index < -0.39 is 11.8 Å². The van der Waals surface area contributed by atoms with Crippen LogP contribution in [0.25, 0.3) is 6.08 Å². The topological polar surface area (TPSA) is 76.5 Å². The smallest absolute Gasteiger partial charge is 0.339 e. The molecule has 1 aliphatic rings. The van der Waals surface area contributed by atoms with Crippen LogP contribution in [0.1, 0.15) is 43.2 Å². The molecule has 0 spiro atoms. The zero-order chi connectivity index (χ0) is 16.7. The van der Waals surface area contributed by atoms with E-state index in [9.17, 15) is 14.7 Å². The van der Waals surface area contributed by atoms with Gasteiger partial charge in [0.1, 0.15) is 12.2 Å². The van der Waals surface area contributed by atoms with Gasteiger partial charge in [0.2, 0.25) is 0 Å². The Kier molecular flexibility index (Phi) is 6.47. The number of ketones is 1. The zero-order valence-electron chi connectivity index (χ0n) is 13.5. The minimum Gasteiger partial charge on any atom is -0.478 e. The summed E-state index contributed by atoms with van der Waals surface area (Å²) >= 11 is 0. The van der Waals surface area contributed by atoms with Crippen LogP contribution in [-0.2, 0) is 14.3 Å². The molecule has 0 amide bonds. The third-order valence-corrected chi connectivity index (χ3v) is 4.05. The second-order valence-electron chi connectivity index (χ2n) is 6.10. The molecule has 1 fully saturated rings. The fraction of sp³-hybridized carbons (Fsp3) is 0.500. The lowest BCUT2D eigenvalue weighted by Crippen LogP contribution is -2.21. The monoisotopic (exact) mass is 317 g/mol. The molecule has 1 heterocycles. The van der Waals surface area contributed by atoms with E-state index in [1.807, 2.05) is 6.92 Å². The van der Waals surface area contributed by atoms with Crippen LogP contribution in [0.3, 0.4) is 0 Å². The van der Waals surface area contributed by atoms with Gasteiger partial charge in [0, 0.05) is 12.4 Å². The van der Waals surface area contributed by atoms with Crippen molar-refractivity contribution >= 4 is 17.8 Å². The van der Waals surface area contributed by atoms with E-state index in [0.717, 1.165) is 18.4 Å². The van der Waals surface area contributed by atoms with Gasteiger partial charge in [0.15, 0.2) is 5.78 Å². The predicted octanol–water partition coefficient (Wildman–Crippen LogP) is 3.02. The molecule has 0 unspecified atom stereocenters. The van der Waals surface area contributed by atoms with Crippen LogP contribution in [0.2, 0.25) is 0 Å². The third kappa shape index (κ3) is 5.60. The highest BCUT2D eigenvalue weighted by Crippen LogP contribution is 2.23. The van der Waals surface area contributed by atoms with Gasteiger partial charge in [-0.3, -0.25) is 9.78 Å². The Morgan fingerprint density at radius 3 is 2.70 bits per heavy atom. The summed E-state index contributed by atoms with van der Waals surface area (Å²) in [4.78, 5) is 27.5. The van der Waals surface area contributed by atoms with Crippen molar-refractivity contribution < 1.29 is 19.4 Å². The summed E-state index contributed by atoms with van der Waals surface area (Å²) in [5.74, 6) is -1.25. The maximum atomic E-state index is 12.1. The van der Waals surface area contributed by atoms with Crippen LogP contribution in [0, 0.1) is 12.8 Å². The normalized spacial score (nSPS) is 16.3. The molecule has 1 aromatic heterocycles. The van der Waals surface area contributed by atoms with Crippen molar-refractivity contribution in [3.8, 4) is 0 Å². The van der Waals surface area contributed by atoms with Crippen LogP contribution in [0.4, 0.5) is 0 Å². The van der Waals surface area contributed by atoms with Crippen LogP contribution in [0.15, 0.2) is 24.0 Å². The molecule has 2 rings (SSSR count). The number of rotatable bonds is 7. The Morgan fingerprint density at radius 1 is 1.30 bits per heavy atom. The van der Waals surface area contributed by atoms with Gasteiger partial charge in [-0.2, -0.15) is 0 Å². The van der Waals surface area contributed by atoms with E-state index >= 15 is 0 Å². The number of aromatic nitrogens is 1. The van der Waals surface area contributed by atoms with Gasteiger partial charge in [0.05, 0.1) is 6.61 Å². The number of aryl methyl sites for hydroxylation is 1. The van der Waals surface area contributed by atoms with Crippen LogP contribution >= 0.6 is 0 Å². The van der Waals surface area contributed by atoms with Crippen molar-refractivity contribution in [3.63, 3.8) is 0 Å². The minimum atomic E-state index is -1.24. The molecule has 1 N–H and O–H groups in total. The second kappa shape index (κ2) is 8.58. The SMILES string of the molecule is Cc1cncc(C=C(C(=O)O)C(=O)COCC2CCCCC2)c1. The minimum absolute atomic E-state index is 0.187. The Morgan fingerprint density at radius 2 is 2.04 bits per heavy atom. The highest BCUT2D eigenvalue weighted by Gasteiger charge is 2.19. The van der Waals surface area contributed by atoms with Gasteiger partial charge < -0.3 is 9.84 Å². The first-order valence-electron chi connectivity index (χ1n) is 8.04. The molecule has 0 radical (unpaired) electrons. The molecular weight excluding hydrogens is 294 g/mol. The zero-order valence-corrected chi connectivity index (χ0v) is 13.5. The number of hydrogen-bond donors (Lipinski definition) is 1. The lowest BCUT2D eigenvalue weighted by Gasteiger charge is -2.21. The summed E-state index contributed by atoms with van der Waals surface area (Å²) in [6.07, 6.45) is 10.5. The Hall–Kier alpha value is -2.01. The molecule has 23 heavy (non-hydrogen) atoms. The molecule has 0 saturated heterocycles. The average Bonchev–Trinajstić information content (AvgIpc) is 2.53. The molecule has 1 saturated carbocycles. The van der Waals surface area contributed by atoms with E-state index in [-0.39, 0.29) is 12.2 Å². The van der Waals surface area contributed by atoms with Crippen molar-refractivity contribution in [2.45, 2.75) is 39.0 Å². The number of hydrogen-bond acceptors (Lipinski definition) is 4. The Balaban J connectivity index is 1.94. The fourth-order valence-corrected chi connectivity index (χ4v) is 2.84. The van der Waals surface area contributed by atoms with Crippen LogP contribution < -0.4 is 0 Å². The first-order valence-corrected chi connectivity index (χ1v) is 8.04. The van der Waals surface area contributed by atoms with Crippen molar-refractivity contribution in [1.82, 2.24) is 4.98 Å². The largest absolute Gasteiger partial charge is 0.478 e. The number of pyridine rings is 1. The number of aliphatic carboxylic acids is 1. The molecule has 124 valence electrons. The number of carbonyl (C=O) groups is 2. The highest BCUT2D eigenvalue weighted by atomic mass is 16.5. The number of carbonyl (C=O) groups excluding carboxylic acids is 1. The van der Waals surface area contributed by atoms with Gasteiger partial charge in [-0.15, -0.1) is 0 Å². The predicted molar refractivity (Wildman–Crippen MR) is 87.0 cm³/mol. The first-order chi connectivity index (χ1) is 11.1. The van der Waals surface area contributed by atoms with Crippen molar-refractivity contribution in [3.05, 3.63) is 35.2 Å². The third-order valence-electron chi connectivity index (χ3n) is 4.05. The Labute approximate surface area is 136 Å². The van der Waals surface area contributed by atoms with Crippen LogP contribution in [-0.4, -0.2) is 35.1 Å². The second-order valence-corrected chi connectivity index (χ2v) is 6.10. The number of carboxylic acid groups (broad SMARTS) is 1. The quantitative estimate of drug-likeness (QED) is 0.475. The molecule has 5 heteroatoms. The molecule has 0 atom stereocenters. The van der Waals surface area contributed by atoms with Crippen molar-refractivity contribution in [2.75, 3.05) is 13.2 Å². The van der Waals surface area contributed by atoms with E-state index in [2.05, 4.69) is 4.98 Å². The van der Waals surface area contributed by atoms with Crippen LogP contribution in [0.5, 0.6) is 0 Å². The van der Waals surface area contributed by atoms with E-state index in [1.54, 1.807) is 12.3 Å². The number of nitrogens with zero attached hydrogens (tertiary/aromatic N) is 1.